The Kier molecular flexibility index (Phi) is 22.5. The fourth-order valence-corrected chi connectivity index (χ4v) is 0.632. The third kappa shape index (κ3) is 32.4. The third-order valence-electron chi connectivity index (χ3n) is 0.469. The summed E-state index contributed by atoms with van der Waals surface area (Å²) in [4.78, 5) is 18.8. The number of hydrogen-bond donors (Lipinski definition) is 0. The molecule has 2 atom stereocenters. The second kappa shape index (κ2) is 15.1. The molecule has 0 rings (SSSR count). The van der Waals surface area contributed by atoms with Crippen LogP contribution in [0.3, 0.4) is 0 Å². The Balaban J connectivity index is -0.000000143. The van der Waals surface area contributed by atoms with Crippen LogP contribution in [0.15, 0.2) is 0 Å². The van der Waals surface area contributed by atoms with Gasteiger partial charge in [0.2, 0.25) is 0 Å². The summed E-state index contributed by atoms with van der Waals surface area (Å²) >= 11 is 0. The molecule has 0 aliphatic rings. The average molecular weight is 281 g/mol. The minimum Gasteiger partial charge on any atom is -0.566 e. The zero-order valence-corrected chi connectivity index (χ0v) is 12.2. The van der Waals surface area contributed by atoms with Crippen molar-refractivity contribution in [1.29, 1.82) is 0 Å². The van der Waals surface area contributed by atoms with E-state index >= 15 is 0 Å². The molecule has 0 aliphatic carbocycles. The molecule has 0 amide bonds. The van der Waals surface area contributed by atoms with Gasteiger partial charge in [-0.3, -0.25) is 0 Å². The molecule has 0 spiro atoms. The van der Waals surface area contributed by atoms with Crippen molar-refractivity contribution in [3.63, 3.8) is 0 Å². The van der Waals surface area contributed by atoms with E-state index in [0.717, 1.165) is 0 Å². The largest absolute Gasteiger partial charge is 2.00 e. The van der Waals surface area contributed by atoms with Crippen LogP contribution in [0.5, 0.6) is 0 Å². The third-order valence-corrected chi connectivity index (χ3v) is 1.41. The van der Waals surface area contributed by atoms with Crippen LogP contribution in [0.25, 0.3) is 0 Å². The number of rotatable bonds is 4. The minimum absolute atomic E-state index is 0. The van der Waals surface area contributed by atoms with Crippen molar-refractivity contribution in [3.8, 4) is 0 Å². The molecule has 0 aromatic carbocycles. The van der Waals surface area contributed by atoms with Crippen LogP contribution in [-0.2, 0) is 37.7 Å². The van der Waals surface area contributed by atoms with Crippen LogP contribution >= 0.6 is 16.5 Å². The van der Waals surface area contributed by atoms with E-state index in [1.165, 1.54) is 0 Å². The predicted molar refractivity (Wildman–Crippen MR) is 38.5 cm³/mol. The first kappa shape index (κ1) is 19.3. The maximum Gasteiger partial charge on any atom is 2.00 e. The van der Waals surface area contributed by atoms with Gasteiger partial charge >= 0.3 is 36.0 Å². The predicted octanol–water partition coefficient (Wildman–Crippen LogP) is 0.0787. The molecule has 0 aliphatic heterocycles. The molecule has 0 saturated carbocycles. The van der Waals surface area contributed by atoms with Gasteiger partial charge in [-0.05, 0) is 23.0 Å². The van der Waals surface area contributed by atoms with Crippen LogP contribution < -0.4 is 9.79 Å². The van der Waals surface area contributed by atoms with Crippen molar-refractivity contribution in [3.05, 3.63) is 0 Å². The van der Waals surface area contributed by atoms with E-state index in [1.807, 2.05) is 0 Å². The van der Waals surface area contributed by atoms with E-state index in [-0.39, 0.29) is 32.7 Å². The zero-order chi connectivity index (χ0) is 9.98. The summed E-state index contributed by atoms with van der Waals surface area (Å²) in [5.41, 5.74) is 0. The van der Waals surface area contributed by atoms with E-state index in [9.17, 15) is 18.9 Å². The van der Waals surface area contributed by atoms with E-state index < -0.39 is 16.5 Å². The van der Waals surface area contributed by atoms with Crippen molar-refractivity contribution in [2.45, 2.75) is 13.8 Å². The smallest absolute Gasteiger partial charge is 0.566 e. The van der Waals surface area contributed by atoms with E-state index in [4.69, 9.17) is 0 Å². The molecule has 13 heavy (non-hydrogen) atoms. The van der Waals surface area contributed by atoms with Gasteiger partial charge in [-0.1, -0.05) is 0 Å². The molecule has 0 N–H and O–H groups in total. The Bertz CT molecular complexity index is 127. The molecule has 6 nitrogen and oxygen atoms in total. The van der Waals surface area contributed by atoms with Gasteiger partial charge in [0.05, 0.1) is 13.2 Å². The molecule has 0 fully saturated rings. The van der Waals surface area contributed by atoms with Crippen molar-refractivity contribution in [1.82, 2.24) is 0 Å². The van der Waals surface area contributed by atoms with Crippen LogP contribution in [0.2, 0.25) is 0 Å². The second-order valence-electron chi connectivity index (χ2n) is 1.28. The quantitative estimate of drug-likeness (QED) is 0.534. The maximum absolute atomic E-state index is 9.41. The van der Waals surface area contributed by atoms with Gasteiger partial charge in [-0.25, -0.2) is 0 Å². The molecule has 2 unspecified atom stereocenters. The second-order valence-corrected chi connectivity index (χ2v) is 2.69. The molecule has 0 aromatic rings. The average Bonchev–Trinajstić information content (AvgIpc) is 1.87. The van der Waals surface area contributed by atoms with Gasteiger partial charge in [-0.15, -0.1) is 9.05 Å². The molecular weight excluding hydrogens is 271 g/mol. The Hall–Kier alpha value is 0.663. The summed E-state index contributed by atoms with van der Waals surface area (Å²) in [7, 11) is -5.20. The number of hydrogen-bond acceptors (Lipinski definition) is 6. The fourth-order valence-electron chi connectivity index (χ4n) is 0.211. The van der Waals surface area contributed by atoms with E-state index in [2.05, 4.69) is 9.05 Å². The monoisotopic (exact) mass is 280 g/mol. The summed E-state index contributed by atoms with van der Waals surface area (Å²) in [6, 6.07) is 0. The summed E-state index contributed by atoms with van der Waals surface area (Å²) in [6.45, 7) is 3.70. The van der Waals surface area contributed by atoms with Gasteiger partial charge in [0.1, 0.15) is 0 Å². The van der Waals surface area contributed by atoms with Gasteiger partial charge < -0.3 is 9.79 Å². The first-order valence-corrected chi connectivity index (χ1v) is 5.28. The van der Waals surface area contributed by atoms with Gasteiger partial charge in [-0.2, -0.15) is 0 Å². The van der Waals surface area contributed by atoms with Crippen LogP contribution in [0.4, 0.5) is 0 Å². The summed E-state index contributed by atoms with van der Waals surface area (Å²) in [6.07, 6.45) is 0. The van der Waals surface area contributed by atoms with Crippen molar-refractivity contribution < 1.29 is 47.4 Å². The minimum atomic E-state index is -2.60. The Morgan fingerprint density at radius 3 is 1.23 bits per heavy atom. The SMILES string of the molecule is CCO[P+](=O)[O-].CCO[P+](=O)[O-].[Zn+2]. The van der Waals surface area contributed by atoms with Crippen molar-refractivity contribution in [2.24, 2.45) is 0 Å². The van der Waals surface area contributed by atoms with Gasteiger partial charge in [0.25, 0.3) is 0 Å². The maximum atomic E-state index is 9.41. The topological polar surface area (TPSA) is 98.7 Å². The molecular formula is C4H10O6P2Zn+2. The summed E-state index contributed by atoms with van der Waals surface area (Å²) in [5, 5.41) is 0. The van der Waals surface area contributed by atoms with Crippen LogP contribution in [-0.4, -0.2) is 13.2 Å². The molecule has 0 radical (unpaired) electrons. The summed E-state index contributed by atoms with van der Waals surface area (Å²) in [5.74, 6) is 0. The van der Waals surface area contributed by atoms with Gasteiger partial charge in [0, 0.05) is 0 Å². The van der Waals surface area contributed by atoms with Crippen molar-refractivity contribution >= 4 is 16.5 Å². The molecule has 0 aromatic heterocycles. The summed E-state index contributed by atoms with van der Waals surface area (Å²) < 4.78 is 26.8. The van der Waals surface area contributed by atoms with Crippen LogP contribution in [0, 0.1) is 0 Å². The van der Waals surface area contributed by atoms with Crippen LogP contribution in [0.1, 0.15) is 13.8 Å². The van der Waals surface area contributed by atoms with Gasteiger partial charge in [0.15, 0.2) is 0 Å². The molecule has 0 bridgehead atoms. The zero-order valence-electron chi connectivity index (χ0n) is 7.47. The fraction of sp³-hybridized carbons (Fsp3) is 1.00. The Morgan fingerprint density at radius 2 is 1.23 bits per heavy atom. The molecule has 0 saturated heterocycles. The first-order valence-electron chi connectivity index (χ1n) is 3.09. The molecule has 72 valence electrons. The first-order chi connectivity index (χ1) is 5.54. The van der Waals surface area contributed by atoms with E-state index in [1.54, 1.807) is 13.8 Å². The van der Waals surface area contributed by atoms with Crippen molar-refractivity contribution in [2.75, 3.05) is 13.2 Å². The van der Waals surface area contributed by atoms with E-state index in [0.29, 0.717) is 0 Å². The Labute approximate surface area is 91.3 Å². The molecule has 0 heterocycles. The Morgan fingerprint density at radius 1 is 1.00 bits per heavy atom. The standard InChI is InChI=1S/2C2H5O3P.Zn/c2*1-2-5-6(3)4;/h2*2H2,1H3;/q;;+2. The normalized spacial score (nSPS) is 10.5. The molecule has 9 heteroatoms.